The first-order valence-electron chi connectivity index (χ1n) is 6.30. The van der Waals surface area contributed by atoms with Crippen molar-refractivity contribution >= 4 is 29.0 Å². The van der Waals surface area contributed by atoms with Gasteiger partial charge >= 0.3 is 0 Å². The fourth-order valence-corrected chi connectivity index (χ4v) is 2.58. The maximum absolute atomic E-state index is 13.8. The summed E-state index contributed by atoms with van der Waals surface area (Å²) in [6.45, 7) is 1.98. The van der Waals surface area contributed by atoms with Crippen LogP contribution in [-0.2, 0) is 0 Å². The first-order valence-corrected chi connectivity index (χ1v) is 7.29. The maximum Gasteiger partial charge on any atom is 0.258 e. The van der Waals surface area contributed by atoms with Gasteiger partial charge in [0.1, 0.15) is 5.82 Å². The highest BCUT2D eigenvalue weighted by Gasteiger charge is 2.17. The minimum absolute atomic E-state index is 0.392. The second-order valence-corrected chi connectivity index (χ2v) is 5.55. The molecule has 0 saturated carbocycles. The van der Waals surface area contributed by atoms with Crippen LogP contribution in [0.5, 0.6) is 0 Å². The summed E-state index contributed by atoms with van der Waals surface area (Å²) < 4.78 is 27.1. The van der Waals surface area contributed by atoms with Crippen molar-refractivity contribution in [3.8, 4) is 0 Å². The number of anilines is 2. The Kier molecular flexibility index (Phi) is 4.80. The topological polar surface area (TPSA) is 55.1 Å². The van der Waals surface area contributed by atoms with Gasteiger partial charge in [-0.05, 0) is 30.0 Å². The number of carbonyl (C=O) groups is 1. The van der Waals surface area contributed by atoms with Gasteiger partial charge in [-0.2, -0.15) is 0 Å². The average molecular weight is 308 g/mol. The van der Waals surface area contributed by atoms with E-state index in [4.69, 9.17) is 5.73 Å². The molecule has 0 heterocycles. The largest absolute Gasteiger partial charge is 0.396 e. The van der Waals surface area contributed by atoms with Gasteiger partial charge in [-0.1, -0.05) is 19.1 Å². The minimum Gasteiger partial charge on any atom is -0.396 e. The molecule has 0 aliphatic heterocycles. The van der Waals surface area contributed by atoms with Crippen molar-refractivity contribution < 1.29 is 13.6 Å². The lowest BCUT2D eigenvalue weighted by molar-refractivity contribution is 0.102. The maximum atomic E-state index is 13.8. The van der Waals surface area contributed by atoms with Crippen LogP contribution in [0.1, 0.15) is 17.3 Å². The lowest BCUT2D eigenvalue weighted by Gasteiger charge is -2.11. The highest BCUT2D eigenvalue weighted by Crippen LogP contribution is 2.27. The zero-order valence-electron chi connectivity index (χ0n) is 11.3. The van der Waals surface area contributed by atoms with Crippen LogP contribution >= 0.6 is 11.8 Å². The van der Waals surface area contributed by atoms with E-state index in [2.05, 4.69) is 5.32 Å². The van der Waals surface area contributed by atoms with Gasteiger partial charge in [0.05, 0.1) is 16.9 Å². The zero-order chi connectivity index (χ0) is 15.4. The molecule has 0 aliphatic rings. The number of nitrogens with one attached hydrogen (secondary N) is 1. The normalized spacial score (nSPS) is 10.4. The van der Waals surface area contributed by atoms with E-state index < -0.39 is 28.8 Å². The molecule has 0 fully saturated rings. The summed E-state index contributed by atoms with van der Waals surface area (Å²) in [7, 11) is 0. The van der Waals surface area contributed by atoms with Gasteiger partial charge in [0.15, 0.2) is 5.82 Å². The van der Waals surface area contributed by atoms with Crippen LogP contribution in [0.15, 0.2) is 41.3 Å². The summed E-state index contributed by atoms with van der Waals surface area (Å²) in [5.74, 6) is -1.58. The first-order chi connectivity index (χ1) is 10.0. The molecule has 3 N–H and O–H groups in total. The molecule has 0 radical (unpaired) electrons. The van der Waals surface area contributed by atoms with Crippen molar-refractivity contribution in [3.63, 3.8) is 0 Å². The number of hydrogen-bond acceptors (Lipinski definition) is 3. The number of benzene rings is 2. The van der Waals surface area contributed by atoms with E-state index in [9.17, 15) is 13.6 Å². The summed E-state index contributed by atoms with van der Waals surface area (Å²) in [4.78, 5) is 13.0. The Morgan fingerprint density at radius 2 is 2.00 bits per heavy atom. The van der Waals surface area contributed by atoms with Gasteiger partial charge in [0.25, 0.3) is 5.91 Å². The molecule has 2 rings (SSSR count). The Morgan fingerprint density at radius 3 is 2.71 bits per heavy atom. The lowest BCUT2D eigenvalue weighted by Crippen LogP contribution is -2.15. The first kappa shape index (κ1) is 15.3. The molecule has 6 heteroatoms. The van der Waals surface area contributed by atoms with Gasteiger partial charge in [0, 0.05) is 4.90 Å². The molecule has 110 valence electrons. The molecule has 2 aromatic rings. The van der Waals surface area contributed by atoms with Crippen LogP contribution in [0.3, 0.4) is 0 Å². The molecular formula is C15H14F2N2OS. The molecular weight excluding hydrogens is 294 g/mol. The van der Waals surface area contributed by atoms with E-state index in [0.717, 1.165) is 22.8 Å². The summed E-state index contributed by atoms with van der Waals surface area (Å²) in [6, 6.07) is 8.82. The number of nitrogens with two attached hydrogens (primary N) is 1. The van der Waals surface area contributed by atoms with Crippen LogP contribution in [0.2, 0.25) is 0 Å². The van der Waals surface area contributed by atoms with E-state index in [0.29, 0.717) is 5.69 Å². The number of hydrogen-bond donors (Lipinski definition) is 2. The predicted molar refractivity (Wildman–Crippen MR) is 81.6 cm³/mol. The van der Waals surface area contributed by atoms with E-state index in [1.165, 1.54) is 0 Å². The zero-order valence-corrected chi connectivity index (χ0v) is 12.1. The number of halogens is 2. The molecule has 0 aliphatic carbocycles. The van der Waals surface area contributed by atoms with Crippen LogP contribution < -0.4 is 11.1 Å². The van der Waals surface area contributed by atoms with E-state index in [1.54, 1.807) is 23.9 Å². The monoisotopic (exact) mass is 308 g/mol. The summed E-state index contributed by atoms with van der Waals surface area (Å²) in [6.07, 6.45) is 0. The Labute approximate surface area is 125 Å². The molecule has 0 spiro atoms. The molecule has 0 bridgehead atoms. The van der Waals surface area contributed by atoms with E-state index in [1.807, 2.05) is 19.1 Å². The summed E-state index contributed by atoms with van der Waals surface area (Å²) in [5.41, 5.74) is 5.08. The van der Waals surface area contributed by atoms with Crippen molar-refractivity contribution in [1.82, 2.24) is 0 Å². The van der Waals surface area contributed by atoms with Gasteiger partial charge in [-0.3, -0.25) is 4.79 Å². The average Bonchev–Trinajstić information content (AvgIpc) is 2.45. The second kappa shape index (κ2) is 6.58. The third-order valence-electron chi connectivity index (χ3n) is 2.75. The number of carbonyl (C=O) groups excluding carboxylic acids is 1. The molecule has 3 nitrogen and oxygen atoms in total. The second-order valence-electron chi connectivity index (χ2n) is 4.24. The highest BCUT2D eigenvalue weighted by molar-refractivity contribution is 7.99. The number of nitrogen functional groups attached to an aromatic ring is 1. The molecule has 21 heavy (non-hydrogen) atoms. The predicted octanol–water partition coefficient (Wildman–Crippen LogP) is 3.91. The molecule has 1 amide bonds. The van der Waals surface area contributed by atoms with Crippen molar-refractivity contribution in [2.24, 2.45) is 0 Å². The molecule has 0 saturated heterocycles. The van der Waals surface area contributed by atoms with Crippen molar-refractivity contribution in [2.45, 2.75) is 11.8 Å². The Balaban J connectivity index is 2.31. The van der Waals surface area contributed by atoms with Crippen LogP contribution in [0.4, 0.5) is 20.2 Å². The SMILES string of the molecule is CCSc1ccccc1NC(=O)c1cc(F)cc(N)c1F. The van der Waals surface area contributed by atoms with E-state index in [-0.39, 0.29) is 0 Å². The molecule has 2 aromatic carbocycles. The third-order valence-corrected chi connectivity index (χ3v) is 3.70. The quantitative estimate of drug-likeness (QED) is 0.665. The van der Waals surface area contributed by atoms with Gasteiger partial charge in [-0.25, -0.2) is 8.78 Å². The Hall–Kier alpha value is -2.08. The number of para-hydroxylation sites is 1. The Morgan fingerprint density at radius 1 is 1.29 bits per heavy atom. The van der Waals surface area contributed by atoms with Gasteiger partial charge < -0.3 is 11.1 Å². The molecule has 0 aromatic heterocycles. The standard InChI is InChI=1S/C15H14F2N2OS/c1-2-21-13-6-4-3-5-12(13)19-15(20)10-7-9(16)8-11(18)14(10)17/h3-8H,2,18H2,1H3,(H,19,20). The van der Waals surface area contributed by atoms with E-state index >= 15 is 0 Å². The number of thioether (sulfide) groups is 1. The van der Waals surface area contributed by atoms with Gasteiger partial charge in [-0.15, -0.1) is 11.8 Å². The number of amides is 1. The summed E-state index contributed by atoms with van der Waals surface area (Å²) >= 11 is 1.54. The third kappa shape index (κ3) is 3.52. The molecule has 0 unspecified atom stereocenters. The Bertz CT molecular complexity index is 677. The van der Waals surface area contributed by atoms with Crippen molar-refractivity contribution in [3.05, 3.63) is 53.6 Å². The number of rotatable bonds is 4. The minimum atomic E-state index is -0.922. The van der Waals surface area contributed by atoms with Crippen LogP contribution in [-0.4, -0.2) is 11.7 Å². The fraction of sp³-hybridized carbons (Fsp3) is 0.133. The van der Waals surface area contributed by atoms with Crippen LogP contribution in [0.25, 0.3) is 0 Å². The summed E-state index contributed by atoms with van der Waals surface area (Å²) in [5, 5.41) is 2.58. The van der Waals surface area contributed by atoms with Crippen LogP contribution in [0, 0.1) is 11.6 Å². The van der Waals surface area contributed by atoms with Gasteiger partial charge in [0.2, 0.25) is 0 Å². The highest BCUT2D eigenvalue weighted by atomic mass is 32.2. The van der Waals surface area contributed by atoms with Crippen molar-refractivity contribution in [2.75, 3.05) is 16.8 Å². The fourth-order valence-electron chi connectivity index (χ4n) is 1.82. The molecule has 0 atom stereocenters. The smallest absolute Gasteiger partial charge is 0.258 e. The lowest BCUT2D eigenvalue weighted by atomic mass is 10.1. The van der Waals surface area contributed by atoms with Crippen molar-refractivity contribution in [1.29, 1.82) is 0 Å².